The highest BCUT2D eigenvalue weighted by Gasteiger charge is 2.41. The first kappa shape index (κ1) is 18.4. The fourth-order valence-electron chi connectivity index (χ4n) is 4.72. The first-order valence-electron chi connectivity index (χ1n) is 10.2. The first-order chi connectivity index (χ1) is 14.1. The lowest BCUT2D eigenvalue weighted by atomic mass is 9.70. The Labute approximate surface area is 173 Å². The summed E-state index contributed by atoms with van der Waals surface area (Å²) in [6.45, 7) is 1.42. The molecule has 2 saturated heterocycles. The Hall–Kier alpha value is -2.67. The van der Waals surface area contributed by atoms with E-state index in [0.29, 0.717) is 25.9 Å². The van der Waals surface area contributed by atoms with E-state index in [1.807, 2.05) is 22.5 Å². The van der Waals surface area contributed by atoms with Gasteiger partial charge in [0.25, 0.3) is 0 Å². The highest BCUT2D eigenvalue weighted by atomic mass is 32.1. The lowest BCUT2D eigenvalue weighted by Gasteiger charge is -2.41. The number of aromatic nitrogens is 2. The molecule has 6 nitrogen and oxygen atoms in total. The van der Waals surface area contributed by atoms with Crippen molar-refractivity contribution in [2.24, 2.45) is 0 Å². The van der Waals surface area contributed by atoms with E-state index in [0.717, 1.165) is 29.9 Å². The molecule has 2 amide bonds. The van der Waals surface area contributed by atoms with Gasteiger partial charge in [0.05, 0.1) is 5.69 Å². The number of hydrogen-bond acceptors (Lipinski definition) is 4. The molecule has 1 N–H and O–H groups in total. The molecule has 5 rings (SSSR count). The van der Waals surface area contributed by atoms with Crippen molar-refractivity contribution in [1.82, 2.24) is 19.6 Å². The SMILES string of the molecule is O=C1CC[C@@H](CC(=O)N2CCC(c3ccccc3)(c3cn4ccsc4n3)CC2)N1. The zero-order chi connectivity index (χ0) is 19.8. The molecule has 2 aliphatic heterocycles. The first-order valence-corrected chi connectivity index (χ1v) is 11.1. The molecule has 7 heteroatoms. The highest BCUT2D eigenvalue weighted by molar-refractivity contribution is 7.15. The van der Waals surface area contributed by atoms with Crippen molar-refractivity contribution < 1.29 is 9.59 Å². The van der Waals surface area contributed by atoms with Gasteiger partial charge in [-0.2, -0.15) is 0 Å². The van der Waals surface area contributed by atoms with Gasteiger partial charge in [-0.1, -0.05) is 30.3 Å². The van der Waals surface area contributed by atoms with Gasteiger partial charge in [0, 0.05) is 55.2 Å². The van der Waals surface area contributed by atoms with Crippen LogP contribution in [0.3, 0.4) is 0 Å². The predicted molar refractivity (Wildman–Crippen MR) is 112 cm³/mol. The molecule has 4 heterocycles. The molecule has 0 aliphatic carbocycles. The number of carbonyl (C=O) groups excluding carboxylic acids is 2. The van der Waals surface area contributed by atoms with Gasteiger partial charge in [0.1, 0.15) is 0 Å². The van der Waals surface area contributed by atoms with Crippen LogP contribution in [-0.2, 0) is 15.0 Å². The number of fused-ring (bicyclic) bond motifs is 1. The number of likely N-dealkylation sites (tertiary alicyclic amines) is 1. The number of benzene rings is 1. The van der Waals surface area contributed by atoms with Gasteiger partial charge in [0.15, 0.2) is 4.96 Å². The van der Waals surface area contributed by atoms with Gasteiger partial charge in [0.2, 0.25) is 11.8 Å². The molecule has 0 unspecified atom stereocenters. The number of rotatable bonds is 4. The minimum atomic E-state index is -0.175. The standard InChI is InChI=1S/C22H24N4O2S/c27-19-7-6-17(23-19)14-20(28)25-10-8-22(9-11-25,16-4-2-1-3-5-16)18-15-26-12-13-29-21(26)24-18/h1-5,12-13,15,17H,6-11,14H2,(H,23,27)/t17-/m0/s1. The summed E-state index contributed by atoms with van der Waals surface area (Å²) in [4.78, 5) is 32.1. The van der Waals surface area contributed by atoms with Crippen molar-refractivity contribution in [3.63, 3.8) is 0 Å². The number of piperidine rings is 1. The second-order valence-corrected chi connectivity index (χ2v) is 8.93. The predicted octanol–water partition coefficient (Wildman–Crippen LogP) is 2.97. The maximum atomic E-state index is 12.8. The molecule has 2 aromatic heterocycles. The Morgan fingerprint density at radius 1 is 1.24 bits per heavy atom. The second kappa shape index (κ2) is 7.30. The Bertz CT molecular complexity index is 1000. The fraction of sp³-hybridized carbons (Fsp3) is 0.409. The van der Waals surface area contributed by atoms with E-state index in [2.05, 4.69) is 40.2 Å². The van der Waals surface area contributed by atoms with Crippen LogP contribution in [-0.4, -0.2) is 45.2 Å². The fourth-order valence-corrected chi connectivity index (χ4v) is 5.42. The van der Waals surface area contributed by atoms with Gasteiger partial charge < -0.3 is 10.2 Å². The monoisotopic (exact) mass is 408 g/mol. The van der Waals surface area contributed by atoms with E-state index in [9.17, 15) is 9.59 Å². The van der Waals surface area contributed by atoms with Crippen LogP contribution in [0.2, 0.25) is 0 Å². The number of hydrogen-bond donors (Lipinski definition) is 1. The van der Waals surface area contributed by atoms with Crippen molar-refractivity contribution in [2.75, 3.05) is 13.1 Å². The summed E-state index contributed by atoms with van der Waals surface area (Å²) in [5.41, 5.74) is 2.18. The van der Waals surface area contributed by atoms with Gasteiger partial charge in [-0.25, -0.2) is 4.98 Å². The molecular formula is C22H24N4O2S. The third-order valence-electron chi connectivity index (χ3n) is 6.39. The van der Waals surface area contributed by atoms with Crippen LogP contribution in [0.25, 0.3) is 4.96 Å². The summed E-state index contributed by atoms with van der Waals surface area (Å²) >= 11 is 1.64. The maximum absolute atomic E-state index is 12.8. The maximum Gasteiger partial charge on any atom is 0.224 e. The highest BCUT2D eigenvalue weighted by Crippen LogP contribution is 2.41. The van der Waals surface area contributed by atoms with Crippen molar-refractivity contribution in [3.8, 4) is 0 Å². The average Bonchev–Trinajstić information content (AvgIpc) is 3.45. The molecule has 1 atom stereocenters. The number of carbonyl (C=O) groups is 2. The summed E-state index contributed by atoms with van der Waals surface area (Å²) in [5.74, 6) is 0.203. The number of thiazole rings is 1. The van der Waals surface area contributed by atoms with E-state index >= 15 is 0 Å². The van der Waals surface area contributed by atoms with Crippen molar-refractivity contribution >= 4 is 28.1 Å². The molecule has 29 heavy (non-hydrogen) atoms. The summed E-state index contributed by atoms with van der Waals surface area (Å²) < 4.78 is 2.09. The Balaban J connectivity index is 1.37. The van der Waals surface area contributed by atoms with Crippen LogP contribution in [0.4, 0.5) is 0 Å². The zero-order valence-electron chi connectivity index (χ0n) is 16.2. The molecule has 3 aromatic rings. The lowest BCUT2D eigenvalue weighted by molar-refractivity contribution is -0.133. The number of nitrogens with zero attached hydrogens (tertiary/aromatic N) is 3. The topological polar surface area (TPSA) is 66.7 Å². The summed E-state index contributed by atoms with van der Waals surface area (Å²) in [6.07, 6.45) is 7.60. The minimum absolute atomic E-state index is 0.00395. The van der Waals surface area contributed by atoms with E-state index in [1.54, 1.807) is 11.3 Å². The third-order valence-corrected chi connectivity index (χ3v) is 7.16. The molecule has 2 aliphatic rings. The molecule has 0 radical (unpaired) electrons. The van der Waals surface area contributed by atoms with Crippen LogP contribution < -0.4 is 5.32 Å². The number of imidazole rings is 1. The van der Waals surface area contributed by atoms with Crippen LogP contribution in [0.15, 0.2) is 48.1 Å². The summed E-state index contributed by atoms with van der Waals surface area (Å²) in [5, 5.41) is 4.95. The van der Waals surface area contributed by atoms with Gasteiger partial charge in [-0.05, 0) is 24.8 Å². The van der Waals surface area contributed by atoms with Gasteiger partial charge in [-0.3, -0.25) is 14.0 Å². The quantitative estimate of drug-likeness (QED) is 0.722. The number of nitrogens with one attached hydrogen (secondary N) is 1. The number of amides is 2. The Morgan fingerprint density at radius 3 is 2.72 bits per heavy atom. The van der Waals surface area contributed by atoms with Crippen molar-refractivity contribution in [2.45, 2.75) is 43.6 Å². The average molecular weight is 409 g/mol. The van der Waals surface area contributed by atoms with E-state index < -0.39 is 0 Å². The van der Waals surface area contributed by atoms with E-state index in [4.69, 9.17) is 4.98 Å². The van der Waals surface area contributed by atoms with E-state index in [1.165, 1.54) is 5.56 Å². The Morgan fingerprint density at radius 2 is 2.03 bits per heavy atom. The van der Waals surface area contributed by atoms with Crippen molar-refractivity contribution in [3.05, 3.63) is 59.4 Å². The van der Waals surface area contributed by atoms with Gasteiger partial charge in [-0.15, -0.1) is 11.3 Å². The molecular weight excluding hydrogens is 384 g/mol. The van der Waals surface area contributed by atoms with Crippen LogP contribution in [0.5, 0.6) is 0 Å². The normalized spacial score (nSPS) is 21.4. The summed E-state index contributed by atoms with van der Waals surface area (Å²) in [7, 11) is 0. The van der Waals surface area contributed by atoms with Crippen molar-refractivity contribution in [1.29, 1.82) is 0 Å². The third kappa shape index (κ3) is 3.33. The lowest BCUT2D eigenvalue weighted by Crippen LogP contribution is -2.47. The zero-order valence-corrected chi connectivity index (χ0v) is 17.0. The molecule has 150 valence electrons. The van der Waals surface area contributed by atoms with Crippen LogP contribution in [0.1, 0.15) is 43.4 Å². The second-order valence-electron chi connectivity index (χ2n) is 8.06. The smallest absolute Gasteiger partial charge is 0.224 e. The largest absolute Gasteiger partial charge is 0.353 e. The van der Waals surface area contributed by atoms with Gasteiger partial charge >= 0.3 is 0 Å². The molecule has 2 fully saturated rings. The Kier molecular flexibility index (Phi) is 4.62. The molecule has 0 saturated carbocycles. The minimum Gasteiger partial charge on any atom is -0.353 e. The molecule has 1 aromatic carbocycles. The van der Waals surface area contributed by atoms with Crippen LogP contribution >= 0.6 is 11.3 Å². The van der Waals surface area contributed by atoms with E-state index in [-0.39, 0.29) is 23.3 Å². The summed E-state index contributed by atoms with van der Waals surface area (Å²) in [6, 6.07) is 10.6. The molecule has 0 spiro atoms. The molecule has 0 bridgehead atoms. The van der Waals surface area contributed by atoms with Crippen LogP contribution in [0, 0.1) is 0 Å².